The Morgan fingerprint density at radius 3 is 2.48 bits per heavy atom. The first kappa shape index (κ1) is 15.4. The van der Waals surface area contributed by atoms with Crippen LogP contribution in [-0.4, -0.2) is 37.9 Å². The molecule has 2 saturated heterocycles. The second-order valence-electron chi connectivity index (χ2n) is 5.86. The molecule has 2 atom stereocenters. The summed E-state index contributed by atoms with van der Waals surface area (Å²) in [7, 11) is -2.23. The van der Waals surface area contributed by atoms with Crippen molar-refractivity contribution in [3.05, 3.63) is 28.5 Å². The van der Waals surface area contributed by atoms with Gasteiger partial charge in [-0.1, -0.05) is 15.9 Å². The normalized spacial score (nSPS) is 29.0. The minimum absolute atomic E-state index is 0.0585. The number of nitrogens with zero attached hydrogens (tertiary/aromatic N) is 1. The fraction of sp³-hybridized carbons (Fsp3) is 0.571. The summed E-state index contributed by atoms with van der Waals surface area (Å²) in [6.45, 7) is 0. The molecule has 1 aromatic rings. The lowest BCUT2D eigenvalue weighted by atomic mass is 10.0. The largest absolute Gasteiger partial charge is 0.311 e. The molecule has 0 amide bonds. The summed E-state index contributed by atoms with van der Waals surface area (Å²) in [5, 5.41) is 3.48. The Balaban J connectivity index is 1.87. The third-order valence-electron chi connectivity index (χ3n) is 4.51. The Morgan fingerprint density at radius 2 is 1.90 bits per heavy atom. The van der Waals surface area contributed by atoms with Crippen LogP contribution in [0.5, 0.6) is 0 Å². The Bertz CT molecular complexity index is 640. The Kier molecular flexibility index (Phi) is 4.11. The van der Waals surface area contributed by atoms with Gasteiger partial charge in [0.25, 0.3) is 0 Å². The molecule has 3 rings (SSSR count). The Morgan fingerprint density at radius 1 is 1.29 bits per heavy atom. The topological polar surface area (TPSA) is 49.4 Å². The van der Waals surface area contributed by atoms with Crippen molar-refractivity contribution in [1.29, 1.82) is 0 Å². The van der Waals surface area contributed by atoms with Gasteiger partial charge in [0, 0.05) is 29.6 Å². The zero-order valence-corrected chi connectivity index (χ0v) is 14.1. The Hall–Kier alpha value is -0.500. The molecule has 2 heterocycles. The standard InChI is InChI=1S/C14H18BrFN2O2S/c1-18(12-7-10-3-4-11(8-12)17-10)21(19,20)14-5-2-9(15)6-13(14)16/h2,5-6,10-12,17H,3-4,7-8H2,1H3. The van der Waals surface area contributed by atoms with E-state index in [1.807, 2.05) is 0 Å². The van der Waals surface area contributed by atoms with Gasteiger partial charge in [0.15, 0.2) is 0 Å². The summed E-state index contributed by atoms with van der Waals surface area (Å²) in [4.78, 5) is -0.251. The van der Waals surface area contributed by atoms with Crippen LogP contribution in [0.15, 0.2) is 27.6 Å². The number of nitrogens with one attached hydrogen (secondary N) is 1. The lowest BCUT2D eigenvalue weighted by Crippen LogP contribution is -2.48. The van der Waals surface area contributed by atoms with Crippen LogP contribution < -0.4 is 5.32 Å². The van der Waals surface area contributed by atoms with E-state index in [1.165, 1.54) is 16.4 Å². The molecule has 2 bridgehead atoms. The molecule has 0 spiro atoms. The molecule has 0 radical (unpaired) electrons. The molecule has 1 N–H and O–H groups in total. The lowest BCUT2D eigenvalue weighted by Gasteiger charge is -2.34. The van der Waals surface area contributed by atoms with Crippen molar-refractivity contribution in [1.82, 2.24) is 9.62 Å². The number of halogens is 2. The third kappa shape index (κ3) is 2.88. The van der Waals surface area contributed by atoms with E-state index in [1.54, 1.807) is 13.1 Å². The number of benzene rings is 1. The number of fused-ring (bicyclic) bond motifs is 2. The molecule has 0 aliphatic carbocycles. The predicted octanol–water partition coefficient (Wildman–Crippen LogP) is 2.49. The highest BCUT2D eigenvalue weighted by Crippen LogP contribution is 2.32. The fourth-order valence-corrected chi connectivity index (χ4v) is 5.11. The van der Waals surface area contributed by atoms with Gasteiger partial charge in [-0.3, -0.25) is 0 Å². The van der Waals surface area contributed by atoms with E-state index in [4.69, 9.17) is 0 Å². The molecular formula is C14H18BrFN2O2S. The monoisotopic (exact) mass is 376 g/mol. The molecule has 4 nitrogen and oxygen atoms in total. The van der Waals surface area contributed by atoms with Crippen LogP contribution in [0.4, 0.5) is 4.39 Å². The van der Waals surface area contributed by atoms with E-state index in [2.05, 4.69) is 21.2 Å². The van der Waals surface area contributed by atoms with Crippen LogP contribution in [0.3, 0.4) is 0 Å². The van der Waals surface area contributed by atoms with Crippen LogP contribution in [0.1, 0.15) is 25.7 Å². The summed E-state index contributed by atoms with van der Waals surface area (Å²) in [6, 6.07) is 4.78. The SMILES string of the molecule is CN(C1CC2CCC(C1)N2)S(=O)(=O)c1ccc(Br)cc1F. The molecule has 21 heavy (non-hydrogen) atoms. The van der Waals surface area contributed by atoms with Crippen molar-refractivity contribution in [2.75, 3.05) is 7.05 Å². The van der Waals surface area contributed by atoms with Crippen molar-refractivity contribution in [2.24, 2.45) is 0 Å². The average Bonchev–Trinajstić information content (AvgIpc) is 2.76. The molecule has 0 saturated carbocycles. The third-order valence-corrected chi connectivity index (χ3v) is 6.95. The van der Waals surface area contributed by atoms with Crippen LogP contribution in [-0.2, 0) is 10.0 Å². The minimum atomic E-state index is -3.80. The molecule has 2 aliphatic rings. The lowest BCUT2D eigenvalue weighted by molar-refractivity contribution is 0.251. The van der Waals surface area contributed by atoms with E-state index in [-0.39, 0.29) is 10.9 Å². The maximum absolute atomic E-state index is 14.0. The van der Waals surface area contributed by atoms with E-state index in [0.29, 0.717) is 16.6 Å². The molecule has 0 aromatic heterocycles. The number of hydrogen-bond donors (Lipinski definition) is 1. The smallest absolute Gasteiger partial charge is 0.245 e. The highest BCUT2D eigenvalue weighted by molar-refractivity contribution is 9.10. The van der Waals surface area contributed by atoms with Crippen molar-refractivity contribution in [3.8, 4) is 0 Å². The zero-order valence-electron chi connectivity index (χ0n) is 11.7. The maximum atomic E-state index is 14.0. The minimum Gasteiger partial charge on any atom is -0.311 e. The van der Waals surface area contributed by atoms with Crippen molar-refractivity contribution >= 4 is 26.0 Å². The molecule has 116 valence electrons. The van der Waals surface area contributed by atoms with Crippen molar-refractivity contribution < 1.29 is 12.8 Å². The zero-order chi connectivity index (χ0) is 15.2. The Labute approximate surface area is 132 Å². The van der Waals surface area contributed by atoms with Crippen LogP contribution >= 0.6 is 15.9 Å². The molecule has 2 fully saturated rings. The van der Waals surface area contributed by atoms with Crippen LogP contribution in [0, 0.1) is 5.82 Å². The van der Waals surface area contributed by atoms with E-state index < -0.39 is 15.8 Å². The highest BCUT2D eigenvalue weighted by Gasteiger charge is 2.39. The number of piperidine rings is 1. The van der Waals surface area contributed by atoms with Crippen molar-refractivity contribution in [3.63, 3.8) is 0 Å². The molecular weight excluding hydrogens is 359 g/mol. The predicted molar refractivity (Wildman–Crippen MR) is 82.0 cm³/mol. The van der Waals surface area contributed by atoms with E-state index in [0.717, 1.165) is 25.7 Å². The second kappa shape index (κ2) is 5.61. The van der Waals surface area contributed by atoms with Gasteiger partial charge in [-0.25, -0.2) is 12.8 Å². The quantitative estimate of drug-likeness (QED) is 0.881. The first-order valence-electron chi connectivity index (χ1n) is 7.07. The summed E-state index contributed by atoms with van der Waals surface area (Å²) < 4.78 is 41.2. The summed E-state index contributed by atoms with van der Waals surface area (Å²) in [5.41, 5.74) is 0. The van der Waals surface area contributed by atoms with Gasteiger partial charge < -0.3 is 5.32 Å². The second-order valence-corrected chi connectivity index (χ2v) is 8.74. The summed E-state index contributed by atoms with van der Waals surface area (Å²) in [5.74, 6) is -0.715. The number of rotatable bonds is 3. The highest BCUT2D eigenvalue weighted by atomic mass is 79.9. The first-order chi connectivity index (χ1) is 9.88. The van der Waals surface area contributed by atoms with Crippen molar-refractivity contribution in [2.45, 2.75) is 48.7 Å². The van der Waals surface area contributed by atoms with Gasteiger partial charge in [-0.05, 0) is 43.9 Å². The van der Waals surface area contributed by atoms with Gasteiger partial charge in [-0.2, -0.15) is 4.31 Å². The number of hydrogen-bond acceptors (Lipinski definition) is 3. The fourth-order valence-electron chi connectivity index (χ4n) is 3.36. The average molecular weight is 377 g/mol. The van der Waals surface area contributed by atoms with Gasteiger partial charge in [0.2, 0.25) is 10.0 Å². The van der Waals surface area contributed by atoms with Gasteiger partial charge >= 0.3 is 0 Å². The van der Waals surface area contributed by atoms with E-state index in [9.17, 15) is 12.8 Å². The molecule has 7 heteroatoms. The molecule has 2 aliphatic heterocycles. The first-order valence-corrected chi connectivity index (χ1v) is 9.30. The van der Waals surface area contributed by atoms with Crippen LogP contribution in [0.2, 0.25) is 0 Å². The summed E-state index contributed by atoms with van der Waals surface area (Å²) >= 11 is 3.14. The summed E-state index contributed by atoms with van der Waals surface area (Å²) in [6.07, 6.45) is 3.79. The number of sulfonamides is 1. The molecule has 2 unspecified atom stereocenters. The molecule has 1 aromatic carbocycles. The van der Waals surface area contributed by atoms with Gasteiger partial charge in [-0.15, -0.1) is 0 Å². The maximum Gasteiger partial charge on any atom is 0.245 e. The van der Waals surface area contributed by atoms with E-state index >= 15 is 0 Å². The van der Waals surface area contributed by atoms with Crippen LogP contribution in [0.25, 0.3) is 0 Å². The van der Waals surface area contributed by atoms with Gasteiger partial charge in [0.05, 0.1) is 0 Å². The van der Waals surface area contributed by atoms with Gasteiger partial charge in [0.1, 0.15) is 10.7 Å².